The van der Waals surface area contributed by atoms with Crippen LogP contribution < -0.4 is 10.6 Å². The van der Waals surface area contributed by atoms with Crippen LogP contribution in [0.3, 0.4) is 0 Å². The van der Waals surface area contributed by atoms with Crippen molar-refractivity contribution in [2.45, 2.75) is 6.42 Å². The third-order valence-electron chi connectivity index (χ3n) is 4.37. The van der Waals surface area contributed by atoms with Gasteiger partial charge in [-0.3, -0.25) is 4.98 Å². The molecule has 1 aromatic carbocycles. The van der Waals surface area contributed by atoms with Crippen molar-refractivity contribution in [1.29, 1.82) is 5.26 Å². The minimum atomic E-state index is -0.289. The van der Waals surface area contributed by atoms with E-state index in [4.69, 9.17) is 0 Å². The van der Waals surface area contributed by atoms with Gasteiger partial charge in [-0.15, -0.1) is 0 Å². The molecule has 0 aliphatic carbocycles. The lowest BCUT2D eigenvalue weighted by atomic mass is 10.1. The maximum Gasteiger partial charge on any atom is 0.223 e. The molecule has 30 heavy (non-hydrogen) atoms. The van der Waals surface area contributed by atoms with Gasteiger partial charge in [-0.05, 0) is 53.9 Å². The maximum absolute atomic E-state index is 13.2. The van der Waals surface area contributed by atoms with E-state index in [2.05, 4.69) is 31.7 Å². The van der Waals surface area contributed by atoms with Gasteiger partial charge < -0.3 is 10.6 Å². The fraction of sp³-hybridized carbons (Fsp3) is 0.0909. The standard InChI is InChI=1S/C22H17FN6S/c23-17-5-3-16(4-6-17)20-14-30-21(28-20)18(12-24)19-8-11-27-22(29-19)26-10-7-15-2-1-9-25-13-15/h1-6,8-9,11,13-14,28H,7,10H2,(H,26,27,29). The average Bonchev–Trinajstić information content (AvgIpc) is 3.26. The van der Waals surface area contributed by atoms with Gasteiger partial charge in [0.05, 0.1) is 16.4 Å². The van der Waals surface area contributed by atoms with Gasteiger partial charge in [-0.2, -0.15) is 5.26 Å². The highest BCUT2D eigenvalue weighted by atomic mass is 32.2. The summed E-state index contributed by atoms with van der Waals surface area (Å²) in [5, 5.41) is 18.7. The molecule has 3 aromatic rings. The molecule has 0 saturated carbocycles. The molecule has 3 heterocycles. The van der Waals surface area contributed by atoms with Gasteiger partial charge in [-0.1, -0.05) is 17.8 Å². The number of nitrogens with one attached hydrogen (secondary N) is 2. The predicted octanol–water partition coefficient (Wildman–Crippen LogP) is 4.19. The predicted molar refractivity (Wildman–Crippen MR) is 116 cm³/mol. The highest BCUT2D eigenvalue weighted by Crippen LogP contribution is 2.34. The topological polar surface area (TPSA) is 86.5 Å². The zero-order valence-corrected chi connectivity index (χ0v) is 16.7. The summed E-state index contributed by atoms with van der Waals surface area (Å²) in [6, 6.07) is 14.0. The number of hydrogen-bond donors (Lipinski definition) is 2. The van der Waals surface area contributed by atoms with Crippen molar-refractivity contribution >= 4 is 29.0 Å². The van der Waals surface area contributed by atoms with Crippen LogP contribution in [0.5, 0.6) is 0 Å². The van der Waals surface area contributed by atoms with E-state index in [-0.39, 0.29) is 5.82 Å². The number of pyridine rings is 1. The summed E-state index contributed by atoms with van der Waals surface area (Å²) in [4.78, 5) is 12.8. The number of nitrogens with zero attached hydrogens (tertiary/aromatic N) is 4. The van der Waals surface area contributed by atoms with Gasteiger partial charge in [0.1, 0.15) is 17.5 Å². The Balaban J connectivity index is 1.46. The minimum absolute atomic E-state index is 0.289. The molecule has 0 radical (unpaired) electrons. The zero-order chi connectivity index (χ0) is 20.8. The summed E-state index contributed by atoms with van der Waals surface area (Å²) in [5.41, 5.74) is 3.72. The Kier molecular flexibility index (Phi) is 6.01. The summed E-state index contributed by atoms with van der Waals surface area (Å²) in [7, 11) is 0. The lowest BCUT2D eigenvalue weighted by Crippen LogP contribution is -2.10. The van der Waals surface area contributed by atoms with Crippen LogP contribution in [0.1, 0.15) is 16.8 Å². The summed E-state index contributed by atoms with van der Waals surface area (Å²) in [6.07, 6.45) is 5.98. The monoisotopic (exact) mass is 416 g/mol. The van der Waals surface area contributed by atoms with Crippen molar-refractivity contribution in [3.63, 3.8) is 0 Å². The van der Waals surface area contributed by atoms with Crippen molar-refractivity contribution in [1.82, 2.24) is 20.3 Å². The van der Waals surface area contributed by atoms with Crippen LogP contribution in [0.4, 0.5) is 10.3 Å². The first kappa shape index (κ1) is 19.6. The summed E-state index contributed by atoms with van der Waals surface area (Å²) < 4.78 is 13.2. The molecule has 0 spiro atoms. The van der Waals surface area contributed by atoms with E-state index in [1.54, 1.807) is 30.6 Å². The van der Waals surface area contributed by atoms with Crippen LogP contribution >= 0.6 is 11.8 Å². The van der Waals surface area contributed by atoms with E-state index < -0.39 is 0 Å². The number of anilines is 1. The largest absolute Gasteiger partial charge is 0.354 e. The third-order valence-corrected chi connectivity index (χ3v) is 5.26. The Morgan fingerprint density at radius 2 is 2.03 bits per heavy atom. The summed E-state index contributed by atoms with van der Waals surface area (Å²) >= 11 is 1.40. The van der Waals surface area contributed by atoms with Gasteiger partial charge in [0.2, 0.25) is 5.95 Å². The van der Waals surface area contributed by atoms with Crippen molar-refractivity contribution in [2.75, 3.05) is 11.9 Å². The zero-order valence-electron chi connectivity index (χ0n) is 15.8. The molecule has 1 aliphatic heterocycles. The molecule has 0 unspecified atom stereocenters. The van der Waals surface area contributed by atoms with Gasteiger partial charge in [0, 0.05) is 30.5 Å². The molecule has 2 N–H and O–H groups in total. The van der Waals surface area contributed by atoms with Crippen LogP contribution in [0.15, 0.2) is 71.5 Å². The fourth-order valence-electron chi connectivity index (χ4n) is 2.86. The smallest absolute Gasteiger partial charge is 0.223 e. The molecule has 4 rings (SSSR count). The van der Waals surface area contributed by atoms with E-state index >= 15 is 0 Å². The first-order chi connectivity index (χ1) is 14.7. The Morgan fingerprint density at radius 3 is 2.80 bits per heavy atom. The number of hydrogen-bond acceptors (Lipinski definition) is 7. The maximum atomic E-state index is 13.2. The number of aromatic nitrogens is 3. The van der Waals surface area contributed by atoms with E-state index in [1.165, 1.54) is 23.9 Å². The number of thioether (sulfide) groups is 1. The lowest BCUT2D eigenvalue weighted by Gasteiger charge is -2.09. The molecule has 0 fully saturated rings. The van der Waals surface area contributed by atoms with Gasteiger partial charge >= 0.3 is 0 Å². The third kappa shape index (κ3) is 4.64. The summed E-state index contributed by atoms with van der Waals surface area (Å²) in [6.45, 7) is 0.650. The molecule has 0 atom stereocenters. The van der Waals surface area contributed by atoms with Crippen LogP contribution in [0.25, 0.3) is 11.3 Å². The molecule has 0 bridgehead atoms. The van der Waals surface area contributed by atoms with Gasteiger partial charge in [0.25, 0.3) is 0 Å². The summed E-state index contributed by atoms with van der Waals surface area (Å²) in [5.74, 6) is 0.169. The van der Waals surface area contributed by atoms with E-state index in [0.29, 0.717) is 28.8 Å². The van der Waals surface area contributed by atoms with Gasteiger partial charge in [0.15, 0.2) is 0 Å². The normalized spacial score (nSPS) is 14.5. The lowest BCUT2D eigenvalue weighted by molar-refractivity contribution is 0.627. The molecular formula is C22H17FN6S. The van der Waals surface area contributed by atoms with E-state index in [1.807, 2.05) is 23.7 Å². The first-order valence-corrected chi connectivity index (χ1v) is 10.1. The molecule has 0 saturated heterocycles. The Bertz CT molecular complexity index is 1140. The minimum Gasteiger partial charge on any atom is -0.354 e. The molecular weight excluding hydrogens is 399 g/mol. The molecule has 6 nitrogen and oxygen atoms in total. The van der Waals surface area contributed by atoms with Crippen LogP contribution in [0, 0.1) is 17.1 Å². The molecule has 1 aliphatic rings. The molecule has 2 aromatic heterocycles. The van der Waals surface area contributed by atoms with E-state index in [9.17, 15) is 9.65 Å². The van der Waals surface area contributed by atoms with E-state index in [0.717, 1.165) is 23.2 Å². The quantitative estimate of drug-likeness (QED) is 0.583. The second-order valence-corrected chi connectivity index (χ2v) is 7.28. The second kappa shape index (κ2) is 9.20. The first-order valence-electron chi connectivity index (χ1n) is 9.23. The van der Waals surface area contributed by atoms with Crippen molar-refractivity contribution in [3.05, 3.63) is 94.1 Å². The fourth-order valence-corrected chi connectivity index (χ4v) is 3.73. The SMILES string of the molecule is N#CC(=C1NC(c2ccc(F)cc2)=CS1)c1ccnc(NCCc2cccnc2)n1. The van der Waals surface area contributed by atoms with Crippen LogP contribution in [0.2, 0.25) is 0 Å². The van der Waals surface area contributed by atoms with Crippen molar-refractivity contribution in [3.8, 4) is 6.07 Å². The Morgan fingerprint density at radius 1 is 1.17 bits per heavy atom. The van der Waals surface area contributed by atoms with Crippen LogP contribution in [-0.4, -0.2) is 21.5 Å². The number of benzene rings is 1. The van der Waals surface area contributed by atoms with Crippen LogP contribution in [-0.2, 0) is 6.42 Å². The highest BCUT2D eigenvalue weighted by Gasteiger charge is 2.18. The van der Waals surface area contributed by atoms with Crippen molar-refractivity contribution < 1.29 is 4.39 Å². The number of rotatable bonds is 6. The Hall–Kier alpha value is -3.70. The average molecular weight is 416 g/mol. The molecule has 148 valence electrons. The molecule has 8 heteroatoms. The van der Waals surface area contributed by atoms with Crippen molar-refractivity contribution in [2.24, 2.45) is 0 Å². The number of allylic oxidation sites excluding steroid dienone is 1. The van der Waals surface area contributed by atoms with Gasteiger partial charge in [-0.25, -0.2) is 14.4 Å². The highest BCUT2D eigenvalue weighted by molar-refractivity contribution is 8.06. The Labute approximate surface area is 177 Å². The molecule has 0 amide bonds. The number of halogens is 1. The number of nitriles is 1. The second-order valence-electron chi connectivity index (χ2n) is 6.40.